The van der Waals surface area contributed by atoms with Gasteiger partial charge in [-0.25, -0.2) is 4.98 Å². The molecule has 8 nitrogen and oxygen atoms in total. The molecule has 1 N–H and O–H groups in total. The van der Waals surface area contributed by atoms with Gasteiger partial charge in [0.15, 0.2) is 5.82 Å². The van der Waals surface area contributed by atoms with E-state index in [1.807, 2.05) is 64.0 Å². The fourth-order valence-corrected chi connectivity index (χ4v) is 3.42. The summed E-state index contributed by atoms with van der Waals surface area (Å²) in [6.45, 7) is 6.75. The van der Waals surface area contributed by atoms with Crippen LogP contribution in [0.1, 0.15) is 43.0 Å². The minimum atomic E-state index is -0.798. The van der Waals surface area contributed by atoms with Gasteiger partial charge in [0.1, 0.15) is 16.5 Å². The molecule has 0 atom stereocenters. The first-order valence-electron chi connectivity index (χ1n) is 9.27. The van der Waals surface area contributed by atoms with Crippen molar-refractivity contribution in [3.05, 3.63) is 47.1 Å². The molecule has 29 heavy (non-hydrogen) atoms. The number of aromatic nitrogens is 3. The normalized spacial score (nSPS) is 11.7. The Labute approximate surface area is 173 Å². The van der Waals surface area contributed by atoms with E-state index in [4.69, 9.17) is 9.26 Å². The number of hydrogen-bond acceptors (Lipinski definition) is 8. The first-order chi connectivity index (χ1) is 13.8. The summed E-state index contributed by atoms with van der Waals surface area (Å²) >= 11 is 1.41. The number of nitrogens with zero attached hydrogens (tertiary/aromatic N) is 4. The molecule has 0 saturated carbocycles. The van der Waals surface area contributed by atoms with E-state index in [0.717, 1.165) is 16.3 Å². The fraction of sp³-hybridized carbons (Fsp3) is 0.400. The van der Waals surface area contributed by atoms with Crippen LogP contribution < -0.4 is 10.1 Å². The van der Waals surface area contributed by atoms with Crippen molar-refractivity contribution in [2.75, 3.05) is 20.7 Å². The minimum Gasteiger partial charge on any atom is -0.494 e. The maximum Gasteiger partial charge on any atom is 0.271 e. The Kier molecular flexibility index (Phi) is 6.29. The summed E-state index contributed by atoms with van der Waals surface area (Å²) in [4.78, 5) is 23.5. The highest BCUT2D eigenvalue weighted by atomic mass is 32.1. The second-order valence-corrected chi connectivity index (χ2v) is 8.18. The molecule has 2 heterocycles. The summed E-state index contributed by atoms with van der Waals surface area (Å²) in [5, 5.41) is 9.45. The van der Waals surface area contributed by atoms with Crippen molar-refractivity contribution in [1.29, 1.82) is 0 Å². The highest BCUT2D eigenvalue weighted by Gasteiger charge is 2.30. The van der Waals surface area contributed by atoms with Crippen molar-refractivity contribution in [3.8, 4) is 16.3 Å². The molecule has 3 aromatic rings. The lowest BCUT2D eigenvalue weighted by atomic mass is 10.0. The molecule has 0 unspecified atom stereocenters. The molecule has 2 aromatic heterocycles. The molecule has 0 spiro atoms. The number of nitrogens with one attached hydrogen (secondary N) is 1. The summed E-state index contributed by atoms with van der Waals surface area (Å²) in [5.41, 5.74) is 0.487. The Morgan fingerprint density at radius 3 is 2.62 bits per heavy atom. The van der Waals surface area contributed by atoms with Gasteiger partial charge in [0.05, 0.1) is 18.7 Å². The van der Waals surface area contributed by atoms with Crippen LogP contribution in [-0.2, 0) is 12.1 Å². The summed E-state index contributed by atoms with van der Waals surface area (Å²) in [6.07, 6.45) is 0. The lowest BCUT2D eigenvalue weighted by Gasteiger charge is -2.21. The summed E-state index contributed by atoms with van der Waals surface area (Å²) in [6, 6.07) is 7.65. The lowest BCUT2D eigenvalue weighted by Crippen LogP contribution is -2.42. The van der Waals surface area contributed by atoms with E-state index in [-0.39, 0.29) is 5.91 Å². The van der Waals surface area contributed by atoms with Crippen molar-refractivity contribution in [3.63, 3.8) is 0 Å². The maximum absolute atomic E-state index is 12.7. The Balaban J connectivity index is 1.70. The number of hydrogen-bond donors (Lipinski definition) is 1. The van der Waals surface area contributed by atoms with Gasteiger partial charge in [0, 0.05) is 10.9 Å². The highest BCUT2D eigenvalue weighted by molar-refractivity contribution is 7.13. The predicted molar refractivity (Wildman–Crippen MR) is 111 cm³/mol. The van der Waals surface area contributed by atoms with Gasteiger partial charge in [-0.1, -0.05) is 5.16 Å². The summed E-state index contributed by atoms with van der Waals surface area (Å²) in [7, 11) is 3.84. The van der Waals surface area contributed by atoms with Crippen LogP contribution in [-0.4, -0.2) is 46.6 Å². The SMILES string of the molecule is CCOc1ccc(-c2nc(C(=O)NC(C)(C)c3noc(CN(C)C)n3)cs2)cc1. The van der Waals surface area contributed by atoms with E-state index >= 15 is 0 Å². The predicted octanol–water partition coefficient (Wildman–Crippen LogP) is 3.32. The van der Waals surface area contributed by atoms with Crippen LogP contribution in [0.5, 0.6) is 5.75 Å². The van der Waals surface area contributed by atoms with E-state index in [2.05, 4.69) is 20.4 Å². The fourth-order valence-electron chi connectivity index (χ4n) is 2.62. The lowest BCUT2D eigenvalue weighted by molar-refractivity contribution is 0.0903. The zero-order valence-corrected chi connectivity index (χ0v) is 18.0. The van der Waals surface area contributed by atoms with Crippen molar-refractivity contribution >= 4 is 17.2 Å². The Morgan fingerprint density at radius 1 is 1.24 bits per heavy atom. The van der Waals surface area contributed by atoms with Crippen molar-refractivity contribution < 1.29 is 14.1 Å². The van der Waals surface area contributed by atoms with E-state index < -0.39 is 5.54 Å². The molecule has 154 valence electrons. The van der Waals surface area contributed by atoms with Gasteiger partial charge in [0.2, 0.25) is 5.89 Å². The Bertz CT molecular complexity index is 963. The monoisotopic (exact) mass is 415 g/mol. The van der Waals surface area contributed by atoms with Crippen molar-refractivity contribution in [1.82, 2.24) is 25.3 Å². The van der Waals surface area contributed by atoms with Crippen LogP contribution in [0.3, 0.4) is 0 Å². The maximum atomic E-state index is 12.7. The standard InChI is InChI=1S/C20H25N5O3S/c1-6-27-14-9-7-13(8-10-14)18-21-15(12-29-18)17(26)23-20(2,3)19-22-16(28-24-19)11-25(4)5/h7-10,12H,6,11H2,1-5H3,(H,23,26). The number of ether oxygens (including phenoxy) is 1. The molecule has 0 bridgehead atoms. The van der Waals surface area contributed by atoms with Gasteiger partial charge in [0.25, 0.3) is 5.91 Å². The molecule has 0 aliphatic rings. The summed E-state index contributed by atoms with van der Waals surface area (Å²) in [5.74, 6) is 1.44. The molecule has 0 saturated heterocycles. The number of thiazole rings is 1. The first kappa shape index (κ1) is 20.9. The quantitative estimate of drug-likeness (QED) is 0.603. The number of benzene rings is 1. The Hall–Kier alpha value is -2.78. The molecule has 0 radical (unpaired) electrons. The molecule has 1 aromatic carbocycles. The molecule has 0 aliphatic heterocycles. The van der Waals surface area contributed by atoms with Crippen molar-refractivity contribution in [2.24, 2.45) is 0 Å². The number of amides is 1. The second kappa shape index (κ2) is 8.71. The zero-order valence-electron chi connectivity index (χ0n) is 17.2. The highest BCUT2D eigenvalue weighted by Crippen LogP contribution is 2.26. The number of carbonyl (C=O) groups excluding carboxylic acids is 1. The van der Waals surface area contributed by atoms with E-state index in [1.54, 1.807) is 5.38 Å². The molecule has 1 amide bonds. The second-order valence-electron chi connectivity index (χ2n) is 7.32. The number of carbonyl (C=O) groups is 1. The van der Waals surface area contributed by atoms with Gasteiger partial charge >= 0.3 is 0 Å². The molecule has 0 aliphatic carbocycles. The van der Waals surface area contributed by atoms with Crippen LogP contribution in [0.25, 0.3) is 10.6 Å². The van der Waals surface area contributed by atoms with Gasteiger partial charge in [-0.05, 0) is 59.1 Å². The van der Waals surface area contributed by atoms with Gasteiger partial charge in [-0.15, -0.1) is 11.3 Å². The largest absolute Gasteiger partial charge is 0.494 e. The van der Waals surface area contributed by atoms with E-state index in [9.17, 15) is 4.79 Å². The average molecular weight is 416 g/mol. The van der Waals surface area contributed by atoms with E-state index in [1.165, 1.54) is 11.3 Å². The van der Waals surface area contributed by atoms with E-state index in [0.29, 0.717) is 30.6 Å². The molecule has 9 heteroatoms. The first-order valence-corrected chi connectivity index (χ1v) is 10.2. The minimum absolute atomic E-state index is 0.289. The molecular weight excluding hydrogens is 390 g/mol. The molecule has 0 fully saturated rings. The topological polar surface area (TPSA) is 93.4 Å². The smallest absolute Gasteiger partial charge is 0.271 e. The van der Waals surface area contributed by atoms with Crippen LogP contribution >= 0.6 is 11.3 Å². The van der Waals surface area contributed by atoms with Crippen LogP contribution in [0, 0.1) is 0 Å². The Morgan fingerprint density at radius 2 is 1.97 bits per heavy atom. The number of rotatable bonds is 8. The van der Waals surface area contributed by atoms with Gasteiger partial charge in [-0.2, -0.15) is 4.98 Å². The third kappa shape index (κ3) is 5.18. The molecular formula is C20H25N5O3S. The zero-order chi connectivity index (χ0) is 21.0. The molecule has 3 rings (SSSR count). The van der Waals surface area contributed by atoms with Gasteiger partial charge < -0.3 is 19.5 Å². The van der Waals surface area contributed by atoms with Crippen LogP contribution in [0.15, 0.2) is 34.2 Å². The van der Waals surface area contributed by atoms with Crippen molar-refractivity contribution in [2.45, 2.75) is 32.9 Å². The van der Waals surface area contributed by atoms with Gasteiger partial charge in [-0.3, -0.25) is 4.79 Å². The van der Waals surface area contributed by atoms with Crippen LogP contribution in [0.2, 0.25) is 0 Å². The average Bonchev–Trinajstić information content (AvgIpc) is 3.32. The van der Waals surface area contributed by atoms with Crippen LogP contribution in [0.4, 0.5) is 0 Å². The third-order valence-electron chi connectivity index (χ3n) is 4.05. The summed E-state index contributed by atoms with van der Waals surface area (Å²) < 4.78 is 10.7. The third-order valence-corrected chi connectivity index (χ3v) is 4.95.